The van der Waals surface area contributed by atoms with Crippen LogP contribution in [0.1, 0.15) is 29.9 Å². The zero-order chi connectivity index (χ0) is 17.7. The van der Waals surface area contributed by atoms with Crippen LogP contribution in [0, 0.1) is 6.92 Å². The quantitative estimate of drug-likeness (QED) is 0.733. The van der Waals surface area contributed by atoms with Gasteiger partial charge in [-0.3, -0.25) is 9.59 Å². The summed E-state index contributed by atoms with van der Waals surface area (Å²) >= 11 is 7.29. The largest absolute Gasteiger partial charge is 0.352 e. The fourth-order valence-electron chi connectivity index (χ4n) is 1.90. The van der Waals surface area contributed by atoms with Crippen molar-refractivity contribution in [2.45, 2.75) is 26.8 Å². The van der Waals surface area contributed by atoms with Crippen LogP contribution in [0.3, 0.4) is 0 Å². The third-order valence-corrected chi connectivity index (χ3v) is 4.03. The number of carbonyl (C=O) groups is 2. The topological polar surface area (TPSA) is 83.1 Å². The van der Waals surface area contributed by atoms with Crippen LogP contribution in [0.25, 0.3) is 0 Å². The summed E-state index contributed by atoms with van der Waals surface area (Å²) in [5, 5.41) is 11.2. The number of nitrogens with one attached hydrogen (secondary N) is 3. The molecule has 0 saturated heterocycles. The van der Waals surface area contributed by atoms with Gasteiger partial charge in [-0.1, -0.05) is 17.7 Å². The average molecular weight is 367 g/mol. The molecule has 2 rings (SSSR count). The number of anilines is 2. The van der Waals surface area contributed by atoms with Crippen LogP contribution >= 0.6 is 22.9 Å². The molecule has 2 aromatic rings. The summed E-state index contributed by atoms with van der Waals surface area (Å²) in [6.07, 6.45) is 0. The molecule has 2 amide bonds. The molecule has 6 nitrogen and oxygen atoms in total. The molecule has 0 aliphatic carbocycles. The second-order valence-corrected chi connectivity index (χ2v) is 6.82. The first kappa shape index (κ1) is 18.2. The van der Waals surface area contributed by atoms with E-state index in [9.17, 15) is 9.59 Å². The number of nitrogens with zero attached hydrogens (tertiary/aromatic N) is 1. The van der Waals surface area contributed by atoms with Crippen molar-refractivity contribution >= 4 is 45.6 Å². The molecule has 3 N–H and O–H groups in total. The molecular weight excluding hydrogens is 348 g/mol. The molecule has 1 aromatic heterocycles. The average Bonchev–Trinajstić information content (AvgIpc) is 2.96. The van der Waals surface area contributed by atoms with Crippen molar-refractivity contribution in [3.63, 3.8) is 0 Å². The van der Waals surface area contributed by atoms with Gasteiger partial charge in [0.2, 0.25) is 5.91 Å². The van der Waals surface area contributed by atoms with E-state index < -0.39 is 0 Å². The van der Waals surface area contributed by atoms with E-state index in [1.807, 2.05) is 32.9 Å². The van der Waals surface area contributed by atoms with Gasteiger partial charge in [0.05, 0.1) is 6.54 Å². The number of thiazole rings is 1. The van der Waals surface area contributed by atoms with Crippen LogP contribution < -0.4 is 16.0 Å². The van der Waals surface area contributed by atoms with Crippen LogP contribution in [-0.4, -0.2) is 29.4 Å². The molecule has 128 valence electrons. The SMILES string of the molecule is Cc1ccc(Cl)cc1Nc1nc(C(=O)NCC(=O)NC(C)C)cs1. The minimum atomic E-state index is -0.388. The fourth-order valence-corrected chi connectivity index (χ4v) is 2.78. The van der Waals surface area contributed by atoms with Gasteiger partial charge in [0.1, 0.15) is 5.69 Å². The number of hydrogen-bond donors (Lipinski definition) is 3. The van der Waals surface area contributed by atoms with E-state index >= 15 is 0 Å². The molecule has 0 bridgehead atoms. The number of aryl methyl sites for hydroxylation is 1. The fraction of sp³-hybridized carbons (Fsp3) is 0.312. The highest BCUT2D eigenvalue weighted by molar-refractivity contribution is 7.14. The Labute approximate surface area is 149 Å². The Morgan fingerprint density at radius 2 is 2.08 bits per heavy atom. The van der Waals surface area contributed by atoms with Gasteiger partial charge < -0.3 is 16.0 Å². The van der Waals surface area contributed by atoms with Crippen LogP contribution in [0.15, 0.2) is 23.6 Å². The summed E-state index contributed by atoms with van der Waals surface area (Å²) < 4.78 is 0. The lowest BCUT2D eigenvalue weighted by Crippen LogP contribution is -2.39. The first-order valence-corrected chi connectivity index (χ1v) is 8.67. The predicted molar refractivity (Wildman–Crippen MR) is 97.2 cm³/mol. The van der Waals surface area contributed by atoms with E-state index in [1.54, 1.807) is 11.4 Å². The number of rotatable bonds is 6. The van der Waals surface area contributed by atoms with Gasteiger partial charge in [0, 0.05) is 22.1 Å². The lowest BCUT2D eigenvalue weighted by atomic mass is 10.2. The highest BCUT2D eigenvalue weighted by Crippen LogP contribution is 2.26. The molecule has 1 heterocycles. The number of carbonyl (C=O) groups excluding carboxylic acids is 2. The van der Waals surface area contributed by atoms with Gasteiger partial charge in [-0.25, -0.2) is 4.98 Å². The van der Waals surface area contributed by atoms with E-state index in [4.69, 9.17) is 11.6 Å². The highest BCUT2D eigenvalue weighted by Gasteiger charge is 2.13. The maximum Gasteiger partial charge on any atom is 0.271 e. The Kier molecular flexibility index (Phi) is 6.16. The van der Waals surface area contributed by atoms with E-state index in [1.165, 1.54) is 11.3 Å². The van der Waals surface area contributed by atoms with Gasteiger partial charge in [0.25, 0.3) is 5.91 Å². The third kappa shape index (κ3) is 5.21. The smallest absolute Gasteiger partial charge is 0.271 e. The maximum atomic E-state index is 12.0. The zero-order valence-corrected chi connectivity index (χ0v) is 15.2. The number of aromatic nitrogens is 1. The van der Waals surface area contributed by atoms with Crippen LogP contribution in [-0.2, 0) is 4.79 Å². The Bertz CT molecular complexity index is 745. The van der Waals surface area contributed by atoms with Gasteiger partial charge in [-0.15, -0.1) is 11.3 Å². The third-order valence-electron chi connectivity index (χ3n) is 3.04. The van der Waals surface area contributed by atoms with Crippen molar-refractivity contribution in [1.82, 2.24) is 15.6 Å². The molecule has 0 unspecified atom stereocenters. The van der Waals surface area contributed by atoms with Crippen molar-refractivity contribution in [3.05, 3.63) is 39.9 Å². The molecule has 0 spiro atoms. The van der Waals surface area contributed by atoms with Crippen molar-refractivity contribution in [1.29, 1.82) is 0 Å². The van der Waals surface area contributed by atoms with Crippen molar-refractivity contribution in [3.8, 4) is 0 Å². The molecular formula is C16H19ClN4O2S. The summed E-state index contributed by atoms with van der Waals surface area (Å²) in [5.41, 5.74) is 2.12. The van der Waals surface area contributed by atoms with Crippen molar-refractivity contribution in [2.24, 2.45) is 0 Å². The van der Waals surface area contributed by atoms with E-state index in [2.05, 4.69) is 20.9 Å². The molecule has 0 atom stereocenters. The Morgan fingerprint density at radius 1 is 1.33 bits per heavy atom. The molecule has 24 heavy (non-hydrogen) atoms. The van der Waals surface area contributed by atoms with E-state index in [-0.39, 0.29) is 30.1 Å². The summed E-state index contributed by atoms with van der Waals surface area (Å²) in [7, 11) is 0. The number of hydrogen-bond acceptors (Lipinski definition) is 5. The first-order chi connectivity index (χ1) is 11.3. The number of amides is 2. The number of halogens is 1. The summed E-state index contributed by atoms with van der Waals surface area (Å²) in [6.45, 7) is 5.59. The van der Waals surface area contributed by atoms with Gasteiger partial charge in [-0.2, -0.15) is 0 Å². The predicted octanol–water partition coefficient (Wildman–Crippen LogP) is 3.10. The summed E-state index contributed by atoms with van der Waals surface area (Å²) in [4.78, 5) is 27.8. The van der Waals surface area contributed by atoms with Crippen LogP contribution in [0.2, 0.25) is 5.02 Å². The lowest BCUT2D eigenvalue weighted by Gasteiger charge is -2.08. The minimum Gasteiger partial charge on any atom is -0.352 e. The zero-order valence-electron chi connectivity index (χ0n) is 13.6. The molecule has 0 saturated carbocycles. The van der Waals surface area contributed by atoms with Gasteiger partial charge >= 0.3 is 0 Å². The maximum absolute atomic E-state index is 12.0. The molecule has 0 radical (unpaired) electrons. The van der Waals surface area contributed by atoms with Crippen molar-refractivity contribution in [2.75, 3.05) is 11.9 Å². The highest BCUT2D eigenvalue weighted by atomic mass is 35.5. The monoisotopic (exact) mass is 366 g/mol. The number of benzene rings is 1. The Morgan fingerprint density at radius 3 is 2.79 bits per heavy atom. The van der Waals surface area contributed by atoms with Crippen molar-refractivity contribution < 1.29 is 9.59 Å². The molecule has 8 heteroatoms. The van der Waals surface area contributed by atoms with Crippen LogP contribution in [0.4, 0.5) is 10.8 Å². The Balaban J connectivity index is 1.96. The molecule has 1 aromatic carbocycles. The summed E-state index contributed by atoms with van der Waals surface area (Å²) in [5.74, 6) is -0.623. The first-order valence-electron chi connectivity index (χ1n) is 7.41. The normalized spacial score (nSPS) is 10.5. The standard InChI is InChI=1S/C16H19ClN4O2S/c1-9(2)19-14(22)7-18-15(23)13-8-24-16(21-13)20-12-6-11(17)5-4-10(12)3/h4-6,8-9H,7H2,1-3H3,(H,18,23)(H,19,22)(H,20,21). The van der Waals surface area contributed by atoms with Gasteiger partial charge in [-0.05, 0) is 38.5 Å². The minimum absolute atomic E-state index is 0.0328. The molecule has 0 aliphatic rings. The summed E-state index contributed by atoms with van der Waals surface area (Å²) in [6, 6.07) is 5.55. The second kappa shape index (κ2) is 8.12. The van der Waals surface area contributed by atoms with E-state index in [0.29, 0.717) is 10.2 Å². The van der Waals surface area contributed by atoms with E-state index in [0.717, 1.165) is 11.3 Å². The molecule has 0 fully saturated rings. The lowest BCUT2D eigenvalue weighted by molar-refractivity contribution is -0.120. The second-order valence-electron chi connectivity index (χ2n) is 5.53. The molecule has 0 aliphatic heterocycles. The Hall–Kier alpha value is -2.12. The van der Waals surface area contributed by atoms with Gasteiger partial charge in [0.15, 0.2) is 5.13 Å². The van der Waals surface area contributed by atoms with Crippen LogP contribution in [0.5, 0.6) is 0 Å².